The van der Waals surface area contributed by atoms with Gasteiger partial charge in [-0.3, -0.25) is 6.79 Å². The van der Waals surface area contributed by atoms with E-state index in [1.165, 1.54) is 34.7 Å². The molecule has 0 aliphatic heterocycles. The number of carbonyl (C=O) groups excluding carboxylic acids is 1. The van der Waals surface area contributed by atoms with Gasteiger partial charge >= 0.3 is 51.4 Å². The summed E-state index contributed by atoms with van der Waals surface area (Å²) in [5.74, 6) is 0. The molecule has 2 heteroatoms. The maximum atomic E-state index is 7.75. The van der Waals surface area contributed by atoms with Crippen molar-refractivity contribution in [1.82, 2.24) is 0 Å². The van der Waals surface area contributed by atoms with Crippen molar-refractivity contribution >= 4 is 23.6 Å². The zero-order chi connectivity index (χ0) is 21.8. The van der Waals surface area contributed by atoms with E-state index in [2.05, 4.69) is 84.4 Å². The second kappa shape index (κ2) is 27.5. The smallest absolute Gasteiger partial charge is 0.545 e. The molecule has 0 radical (unpaired) electrons. The van der Waals surface area contributed by atoms with Crippen LogP contribution < -0.4 is 51.4 Å². The molecule has 2 rings (SSSR count). The van der Waals surface area contributed by atoms with E-state index < -0.39 is 0 Å². The molecule has 0 aliphatic carbocycles. The number of benzene rings is 2. The average molecular weight is 424 g/mol. The molecule has 0 spiro atoms. The van der Waals surface area contributed by atoms with Crippen molar-refractivity contribution in [3.8, 4) is 0 Å². The Bertz CT molecular complexity index is 645. The van der Waals surface area contributed by atoms with Gasteiger partial charge in [0, 0.05) is 0 Å². The van der Waals surface area contributed by atoms with E-state index in [4.69, 9.17) is 4.79 Å². The van der Waals surface area contributed by atoms with Crippen LogP contribution in [0.15, 0.2) is 54.1 Å². The van der Waals surface area contributed by atoms with Crippen molar-refractivity contribution in [3.05, 3.63) is 72.7 Å². The summed E-state index contributed by atoms with van der Waals surface area (Å²) in [4.78, 5) is 7.75. The van der Waals surface area contributed by atoms with Crippen LogP contribution in [-0.4, -0.2) is 6.79 Å². The topological polar surface area (TPSA) is 17.1 Å². The summed E-state index contributed by atoms with van der Waals surface area (Å²) in [6, 6.07) is 12.7. The number of aryl methyl sites for hydroxylation is 1. The van der Waals surface area contributed by atoms with Crippen molar-refractivity contribution in [2.75, 3.05) is 0 Å². The van der Waals surface area contributed by atoms with Crippen LogP contribution in [0.1, 0.15) is 79.4 Å². The first-order chi connectivity index (χ1) is 13.0. The van der Waals surface area contributed by atoms with Crippen molar-refractivity contribution in [2.24, 2.45) is 0 Å². The molecule has 0 N–H and O–H groups in total. The third-order valence-corrected chi connectivity index (χ3v) is 4.05. The predicted molar refractivity (Wildman–Crippen MR) is 134 cm³/mol. The zero-order valence-corrected chi connectivity index (χ0v) is 24.3. The van der Waals surface area contributed by atoms with Crippen molar-refractivity contribution in [3.63, 3.8) is 0 Å². The molecular weight excluding hydrogens is 379 g/mol. The Hall–Kier alpha value is -0.514. The number of rotatable bonds is 3. The van der Waals surface area contributed by atoms with Gasteiger partial charge < -0.3 is 12.2 Å². The van der Waals surface area contributed by atoms with Crippen LogP contribution in [0, 0.1) is 14.4 Å². The first-order valence-corrected chi connectivity index (χ1v) is 10.0. The van der Waals surface area contributed by atoms with Crippen LogP contribution in [0.3, 0.4) is 0 Å². The zero-order valence-electron chi connectivity index (χ0n) is 21.1. The van der Waals surface area contributed by atoms with Gasteiger partial charge in [-0.1, -0.05) is 102 Å². The molecule has 0 saturated carbocycles. The molecule has 29 heavy (non-hydrogen) atoms. The van der Waals surface area contributed by atoms with Crippen LogP contribution in [0.4, 0.5) is 0 Å². The maximum Gasteiger partial charge on any atom is 1.00 e. The predicted octanol–water partition coefficient (Wildman–Crippen LogP) is 6.17. The van der Waals surface area contributed by atoms with Gasteiger partial charge in [0.05, 0.1) is 0 Å². The monoisotopic (exact) mass is 423 g/mol. The summed E-state index contributed by atoms with van der Waals surface area (Å²) in [6.07, 6.45) is 4.33. The van der Waals surface area contributed by atoms with E-state index in [-0.39, 0.29) is 58.8 Å². The molecule has 1 nitrogen and oxygen atoms in total. The number of allylic oxidation sites excluding steroid dienone is 2. The maximum absolute atomic E-state index is 7.75. The molecule has 0 heterocycles. The Morgan fingerprint density at radius 2 is 1.34 bits per heavy atom. The van der Waals surface area contributed by atoms with Gasteiger partial charge in [0.15, 0.2) is 0 Å². The Morgan fingerprint density at radius 1 is 0.931 bits per heavy atom. The summed E-state index contributed by atoms with van der Waals surface area (Å²) >= 11 is 0. The molecule has 0 unspecified atom stereocenters. The molecule has 160 valence electrons. The van der Waals surface area contributed by atoms with Gasteiger partial charge in [-0.2, -0.15) is 0 Å². The molecule has 2 aromatic rings. The fourth-order valence-corrected chi connectivity index (χ4v) is 2.27. The first kappa shape index (κ1) is 39.0. The number of fused-ring (bicyclic) bond motifs is 1. The van der Waals surface area contributed by atoms with Crippen LogP contribution in [0.2, 0.25) is 0 Å². The van der Waals surface area contributed by atoms with E-state index in [1.807, 2.05) is 33.8 Å². The normalized spacial score (nSPS) is 8.86. The Balaban J connectivity index is -0.000000106. The standard InChI is InChI=1S/C13H12.C8H16.2C2H6.CHO.CH3.K/c1-3-11-8-10(2)9-12-6-4-5-7-13(11)12;1-5-7(3)8(4)6-2;3*1-2;;/h3-9H,1H2,2H3;5-6H2,1-4H3;2*1-2H3;1H;1H3;/q;;;;2*-1;+1/b;8-7+;;;;;. The third-order valence-electron chi connectivity index (χ3n) is 4.05. The van der Waals surface area contributed by atoms with Crippen LogP contribution in [-0.2, 0) is 4.79 Å². The van der Waals surface area contributed by atoms with E-state index >= 15 is 0 Å². The Labute approximate surface area is 225 Å². The van der Waals surface area contributed by atoms with E-state index in [0.717, 1.165) is 0 Å². The fraction of sp³-hybridized carbons (Fsp3) is 0.407. The van der Waals surface area contributed by atoms with Crippen LogP contribution in [0.25, 0.3) is 16.8 Å². The minimum absolute atomic E-state index is 0. The fourth-order valence-electron chi connectivity index (χ4n) is 2.27. The second-order valence-electron chi connectivity index (χ2n) is 5.55. The van der Waals surface area contributed by atoms with Gasteiger partial charge in [0.2, 0.25) is 0 Å². The molecular formula is C27H44KO-. The number of hydrogen-bond acceptors (Lipinski definition) is 1. The third kappa shape index (κ3) is 16.9. The molecule has 0 saturated heterocycles. The largest absolute Gasteiger partial charge is 1.00 e. The van der Waals surface area contributed by atoms with Gasteiger partial charge in [0.25, 0.3) is 0 Å². The molecule has 0 amide bonds. The summed E-state index contributed by atoms with van der Waals surface area (Å²) < 4.78 is 0. The minimum Gasteiger partial charge on any atom is -0.545 e. The minimum atomic E-state index is 0. The van der Waals surface area contributed by atoms with Gasteiger partial charge in [-0.15, -0.1) is 0 Å². The molecule has 0 aromatic heterocycles. The van der Waals surface area contributed by atoms with Gasteiger partial charge in [0.1, 0.15) is 0 Å². The second-order valence-corrected chi connectivity index (χ2v) is 5.55. The van der Waals surface area contributed by atoms with Crippen molar-refractivity contribution in [1.29, 1.82) is 0 Å². The average Bonchev–Trinajstić information content (AvgIpc) is 2.76. The van der Waals surface area contributed by atoms with E-state index in [9.17, 15) is 0 Å². The Morgan fingerprint density at radius 3 is 1.72 bits per heavy atom. The van der Waals surface area contributed by atoms with Crippen LogP contribution in [0.5, 0.6) is 0 Å². The number of hydrogen-bond donors (Lipinski definition) is 0. The SMILES string of the molecule is C=Cc1cc(C)cc2ccccc12.CC.CC.CC/C(C)=C(\C)CC.[CH-]=O.[CH3-].[K+]. The summed E-state index contributed by atoms with van der Waals surface area (Å²) in [6.45, 7) is 26.0. The van der Waals surface area contributed by atoms with Crippen LogP contribution >= 0.6 is 0 Å². The van der Waals surface area contributed by atoms with Crippen molar-refractivity contribution in [2.45, 2.75) is 75.2 Å². The molecule has 0 fully saturated rings. The molecule has 0 aliphatic rings. The van der Waals surface area contributed by atoms with Gasteiger partial charge in [-0.25, -0.2) is 0 Å². The summed E-state index contributed by atoms with van der Waals surface area (Å²) in [5.41, 5.74) is 5.60. The molecule has 0 bridgehead atoms. The molecule has 2 aromatic carbocycles. The summed E-state index contributed by atoms with van der Waals surface area (Å²) in [7, 11) is 0. The van der Waals surface area contributed by atoms with E-state index in [1.54, 1.807) is 11.1 Å². The summed E-state index contributed by atoms with van der Waals surface area (Å²) in [5, 5.41) is 2.57. The first-order valence-electron chi connectivity index (χ1n) is 10.0. The van der Waals surface area contributed by atoms with E-state index in [0.29, 0.717) is 0 Å². The quantitative estimate of drug-likeness (QED) is 0.250. The van der Waals surface area contributed by atoms with Gasteiger partial charge in [-0.05, 0) is 55.5 Å². The van der Waals surface area contributed by atoms with Crippen molar-refractivity contribution < 1.29 is 56.2 Å². The molecule has 0 atom stereocenters. The Kier molecular flexibility index (Phi) is 37.0.